The lowest BCUT2D eigenvalue weighted by Gasteiger charge is -2.14. The van der Waals surface area contributed by atoms with Crippen molar-refractivity contribution in [2.24, 2.45) is 0 Å². The van der Waals surface area contributed by atoms with E-state index in [4.69, 9.17) is 4.74 Å². The third-order valence-electron chi connectivity index (χ3n) is 4.70. The minimum absolute atomic E-state index is 0.244. The second kappa shape index (κ2) is 7.52. The van der Waals surface area contributed by atoms with Gasteiger partial charge in [-0.05, 0) is 66.3 Å². The van der Waals surface area contributed by atoms with E-state index in [1.807, 2.05) is 48.5 Å². The van der Waals surface area contributed by atoms with Gasteiger partial charge in [-0.15, -0.1) is 0 Å². The van der Waals surface area contributed by atoms with Crippen molar-refractivity contribution in [3.8, 4) is 5.75 Å². The summed E-state index contributed by atoms with van der Waals surface area (Å²) >= 11 is 0. The van der Waals surface area contributed by atoms with E-state index in [-0.39, 0.29) is 5.82 Å². The standard InChI is InChI=1S/C23H20FNO/c24-18-12-13-23(26-16-17-7-2-1-3-8-17)21(15-18)19-9-6-10-20(19)22-11-4-5-14-25-22/h1-5,7-8,11-15H,6,9-10,16H2. The fourth-order valence-electron chi connectivity index (χ4n) is 3.46. The first-order valence-electron chi connectivity index (χ1n) is 8.91. The molecule has 0 amide bonds. The van der Waals surface area contributed by atoms with Gasteiger partial charge in [0, 0.05) is 11.8 Å². The zero-order valence-corrected chi connectivity index (χ0v) is 14.5. The molecule has 1 aliphatic carbocycles. The van der Waals surface area contributed by atoms with Crippen LogP contribution in [0.4, 0.5) is 4.39 Å². The van der Waals surface area contributed by atoms with E-state index < -0.39 is 0 Å². The molecule has 3 heteroatoms. The molecule has 1 heterocycles. The summed E-state index contributed by atoms with van der Waals surface area (Å²) in [5, 5.41) is 0. The van der Waals surface area contributed by atoms with Gasteiger partial charge in [0.25, 0.3) is 0 Å². The van der Waals surface area contributed by atoms with Crippen molar-refractivity contribution in [1.29, 1.82) is 0 Å². The average molecular weight is 345 g/mol. The summed E-state index contributed by atoms with van der Waals surface area (Å²) in [5.41, 5.74) is 5.25. The Balaban J connectivity index is 1.70. The van der Waals surface area contributed by atoms with E-state index in [1.165, 1.54) is 11.6 Å². The third-order valence-corrected chi connectivity index (χ3v) is 4.70. The molecule has 0 fully saturated rings. The minimum atomic E-state index is -0.244. The van der Waals surface area contributed by atoms with Gasteiger partial charge in [-0.3, -0.25) is 4.98 Å². The van der Waals surface area contributed by atoms with E-state index in [0.717, 1.165) is 47.4 Å². The van der Waals surface area contributed by atoms with Gasteiger partial charge in [0.15, 0.2) is 0 Å². The van der Waals surface area contributed by atoms with Crippen molar-refractivity contribution in [3.05, 3.63) is 95.6 Å². The van der Waals surface area contributed by atoms with Crippen LogP contribution in [0.15, 0.2) is 72.9 Å². The van der Waals surface area contributed by atoms with Gasteiger partial charge in [-0.1, -0.05) is 36.4 Å². The molecule has 0 saturated carbocycles. The van der Waals surface area contributed by atoms with Crippen LogP contribution in [0.2, 0.25) is 0 Å². The highest BCUT2D eigenvalue weighted by atomic mass is 19.1. The van der Waals surface area contributed by atoms with Gasteiger partial charge < -0.3 is 4.74 Å². The van der Waals surface area contributed by atoms with Crippen LogP contribution >= 0.6 is 0 Å². The molecular formula is C23H20FNO. The maximum absolute atomic E-state index is 14.0. The van der Waals surface area contributed by atoms with Crippen LogP contribution < -0.4 is 4.74 Å². The summed E-state index contributed by atoms with van der Waals surface area (Å²) in [6.45, 7) is 0.464. The van der Waals surface area contributed by atoms with E-state index >= 15 is 0 Å². The summed E-state index contributed by atoms with van der Waals surface area (Å²) in [6, 6.07) is 20.7. The summed E-state index contributed by atoms with van der Waals surface area (Å²) < 4.78 is 20.1. The molecule has 1 aliphatic rings. The predicted molar refractivity (Wildman–Crippen MR) is 102 cm³/mol. The number of hydrogen-bond acceptors (Lipinski definition) is 2. The Morgan fingerprint density at radius 1 is 0.885 bits per heavy atom. The van der Waals surface area contributed by atoms with E-state index in [1.54, 1.807) is 18.3 Å². The number of allylic oxidation sites excluding steroid dienone is 2. The van der Waals surface area contributed by atoms with Gasteiger partial charge in [-0.2, -0.15) is 0 Å². The maximum Gasteiger partial charge on any atom is 0.127 e. The second-order valence-electron chi connectivity index (χ2n) is 6.44. The molecule has 1 aromatic heterocycles. The SMILES string of the molecule is Fc1ccc(OCc2ccccc2)c(C2=C(c3ccccn3)CCC2)c1. The molecule has 0 N–H and O–H groups in total. The Hall–Kier alpha value is -2.94. The highest BCUT2D eigenvalue weighted by Crippen LogP contribution is 2.42. The first-order valence-corrected chi connectivity index (χ1v) is 8.91. The number of rotatable bonds is 5. The number of ether oxygens (including phenoxy) is 1. The predicted octanol–water partition coefficient (Wildman–Crippen LogP) is 5.89. The number of halogens is 1. The van der Waals surface area contributed by atoms with Gasteiger partial charge in [0.1, 0.15) is 18.2 Å². The fourth-order valence-corrected chi connectivity index (χ4v) is 3.46. The summed E-state index contributed by atoms with van der Waals surface area (Å²) in [4.78, 5) is 4.49. The zero-order chi connectivity index (χ0) is 17.8. The first kappa shape index (κ1) is 16.5. The lowest BCUT2D eigenvalue weighted by atomic mass is 9.99. The van der Waals surface area contributed by atoms with Crippen molar-refractivity contribution in [2.75, 3.05) is 0 Å². The highest BCUT2D eigenvalue weighted by molar-refractivity contribution is 5.93. The minimum Gasteiger partial charge on any atom is -0.488 e. The molecule has 0 bridgehead atoms. The van der Waals surface area contributed by atoms with Crippen LogP contribution in [-0.4, -0.2) is 4.98 Å². The van der Waals surface area contributed by atoms with E-state index in [2.05, 4.69) is 4.98 Å². The Morgan fingerprint density at radius 3 is 2.50 bits per heavy atom. The molecule has 0 spiro atoms. The smallest absolute Gasteiger partial charge is 0.127 e. The quantitative estimate of drug-likeness (QED) is 0.575. The zero-order valence-electron chi connectivity index (χ0n) is 14.5. The van der Waals surface area contributed by atoms with Crippen LogP contribution in [0.1, 0.15) is 36.1 Å². The molecule has 2 nitrogen and oxygen atoms in total. The maximum atomic E-state index is 14.0. The van der Waals surface area contributed by atoms with Crippen LogP contribution in [-0.2, 0) is 6.61 Å². The molecule has 130 valence electrons. The van der Waals surface area contributed by atoms with Crippen molar-refractivity contribution in [1.82, 2.24) is 4.98 Å². The fraction of sp³-hybridized carbons (Fsp3) is 0.174. The summed E-state index contributed by atoms with van der Waals surface area (Å²) in [6.07, 6.45) is 4.73. The van der Waals surface area contributed by atoms with Gasteiger partial charge in [0.05, 0.1) is 5.69 Å². The molecule has 0 unspecified atom stereocenters. The molecule has 3 aromatic rings. The molecule has 26 heavy (non-hydrogen) atoms. The van der Waals surface area contributed by atoms with Crippen molar-refractivity contribution in [3.63, 3.8) is 0 Å². The normalized spacial score (nSPS) is 13.9. The number of nitrogens with zero attached hydrogens (tertiary/aromatic N) is 1. The molecular weight excluding hydrogens is 325 g/mol. The number of pyridine rings is 1. The summed E-state index contributed by atoms with van der Waals surface area (Å²) in [7, 11) is 0. The Labute approximate surface area is 153 Å². The van der Waals surface area contributed by atoms with Gasteiger partial charge >= 0.3 is 0 Å². The second-order valence-corrected chi connectivity index (χ2v) is 6.44. The lowest BCUT2D eigenvalue weighted by Crippen LogP contribution is -1.99. The van der Waals surface area contributed by atoms with Crippen LogP contribution in [0, 0.1) is 5.82 Å². The third kappa shape index (κ3) is 3.52. The number of hydrogen-bond donors (Lipinski definition) is 0. The van der Waals surface area contributed by atoms with Crippen LogP contribution in [0.3, 0.4) is 0 Å². The molecule has 2 aromatic carbocycles. The number of aromatic nitrogens is 1. The Kier molecular flexibility index (Phi) is 4.78. The molecule has 4 rings (SSSR count). The Morgan fingerprint density at radius 2 is 1.69 bits per heavy atom. The summed E-state index contributed by atoms with van der Waals surface area (Å²) in [5.74, 6) is 0.479. The first-order chi connectivity index (χ1) is 12.8. The molecule has 0 radical (unpaired) electrons. The monoisotopic (exact) mass is 345 g/mol. The molecule has 0 atom stereocenters. The average Bonchev–Trinajstić information content (AvgIpc) is 3.18. The lowest BCUT2D eigenvalue weighted by molar-refractivity contribution is 0.305. The van der Waals surface area contributed by atoms with Crippen LogP contribution in [0.5, 0.6) is 5.75 Å². The molecule has 0 saturated heterocycles. The van der Waals surface area contributed by atoms with Crippen LogP contribution in [0.25, 0.3) is 11.1 Å². The van der Waals surface area contributed by atoms with E-state index in [9.17, 15) is 4.39 Å². The van der Waals surface area contributed by atoms with Gasteiger partial charge in [-0.25, -0.2) is 4.39 Å². The van der Waals surface area contributed by atoms with Crippen molar-refractivity contribution >= 4 is 11.1 Å². The largest absolute Gasteiger partial charge is 0.488 e. The van der Waals surface area contributed by atoms with Crippen molar-refractivity contribution < 1.29 is 9.13 Å². The topological polar surface area (TPSA) is 22.1 Å². The van der Waals surface area contributed by atoms with Crippen molar-refractivity contribution in [2.45, 2.75) is 25.9 Å². The Bertz CT molecular complexity index is 919. The number of benzene rings is 2. The highest BCUT2D eigenvalue weighted by Gasteiger charge is 2.21. The van der Waals surface area contributed by atoms with E-state index in [0.29, 0.717) is 6.61 Å². The molecule has 0 aliphatic heterocycles. The van der Waals surface area contributed by atoms with Gasteiger partial charge in [0.2, 0.25) is 0 Å².